The monoisotopic (exact) mass is 131 g/mol. The molecule has 0 aliphatic carbocycles. The molecule has 1 saturated heterocycles. The smallest absolute Gasteiger partial charge is 0.115 e. The van der Waals surface area contributed by atoms with Crippen molar-refractivity contribution in [1.29, 1.82) is 0 Å². The zero-order valence-corrected chi connectivity index (χ0v) is 6.02. The minimum Gasteiger partial charge on any atom is -0.311 e. The molecule has 0 aromatic rings. The van der Waals surface area contributed by atoms with Crippen molar-refractivity contribution in [3.8, 4) is 0 Å². The quantitative estimate of drug-likeness (QED) is 0.523. The van der Waals surface area contributed by atoms with Crippen molar-refractivity contribution in [2.45, 2.75) is 32.5 Å². The first kappa shape index (κ1) is 7.00. The molecule has 0 radical (unpaired) electrons. The maximum atomic E-state index is 12.7. The first-order valence-electron chi connectivity index (χ1n) is 3.57. The molecule has 1 N–H and O–H groups in total. The van der Waals surface area contributed by atoms with Gasteiger partial charge in [0, 0.05) is 12.6 Å². The Labute approximate surface area is 55.6 Å². The fourth-order valence-electron chi connectivity index (χ4n) is 1.30. The van der Waals surface area contributed by atoms with Crippen LogP contribution in [0, 0.1) is 5.92 Å². The largest absolute Gasteiger partial charge is 0.311 e. The van der Waals surface area contributed by atoms with Crippen LogP contribution in [0.25, 0.3) is 0 Å². The van der Waals surface area contributed by atoms with Gasteiger partial charge in [0.05, 0.1) is 0 Å². The molecule has 9 heavy (non-hydrogen) atoms. The number of hydrogen-bond donors (Lipinski definition) is 1. The van der Waals surface area contributed by atoms with Gasteiger partial charge in [-0.1, -0.05) is 6.92 Å². The molecule has 1 fully saturated rings. The number of nitrogens with one attached hydrogen (secondary N) is 1. The van der Waals surface area contributed by atoms with Gasteiger partial charge in [0.15, 0.2) is 0 Å². The van der Waals surface area contributed by atoms with Crippen molar-refractivity contribution < 1.29 is 4.39 Å². The third kappa shape index (κ3) is 1.65. The lowest BCUT2D eigenvalue weighted by molar-refractivity contribution is 0.169. The van der Waals surface area contributed by atoms with E-state index in [1.807, 2.05) is 6.92 Å². The molecule has 3 atom stereocenters. The Morgan fingerprint density at radius 3 is 2.56 bits per heavy atom. The van der Waals surface area contributed by atoms with Crippen LogP contribution in [0.3, 0.4) is 0 Å². The van der Waals surface area contributed by atoms with Crippen molar-refractivity contribution in [3.63, 3.8) is 0 Å². The fraction of sp³-hybridized carbons (Fsp3) is 1.00. The Kier molecular flexibility index (Phi) is 2.06. The van der Waals surface area contributed by atoms with Gasteiger partial charge in [0.25, 0.3) is 0 Å². The summed E-state index contributed by atoms with van der Waals surface area (Å²) in [5.74, 6) is 0.251. The minimum atomic E-state index is -0.624. The maximum absolute atomic E-state index is 12.7. The van der Waals surface area contributed by atoms with Gasteiger partial charge in [0.2, 0.25) is 0 Å². The molecule has 0 amide bonds. The zero-order chi connectivity index (χ0) is 6.85. The molecule has 1 nitrogen and oxygen atoms in total. The molecule has 2 heteroatoms. The summed E-state index contributed by atoms with van der Waals surface area (Å²) in [6.45, 7) is 4.62. The van der Waals surface area contributed by atoms with Crippen LogP contribution < -0.4 is 5.32 Å². The lowest BCUT2D eigenvalue weighted by Crippen LogP contribution is -2.42. The van der Waals surface area contributed by atoms with E-state index in [0.29, 0.717) is 12.6 Å². The predicted molar refractivity (Wildman–Crippen MR) is 36.1 cm³/mol. The number of rotatable bonds is 0. The van der Waals surface area contributed by atoms with Crippen LogP contribution >= 0.6 is 0 Å². The lowest BCUT2D eigenvalue weighted by Gasteiger charge is -2.28. The van der Waals surface area contributed by atoms with Crippen LogP contribution in [0.2, 0.25) is 0 Å². The molecule has 0 aromatic carbocycles. The normalized spacial score (nSPS) is 45.0. The zero-order valence-electron chi connectivity index (χ0n) is 6.02. The lowest BCUT2D eigenvalue weighted by atomic mass is 9.94. The first-order chi connectivity index (χ1) is 4.20. The van der Waals surface area contributed by atoms with Gasteiger partial charge in [-0.05, 0) is 19.3 Å². The fourth-order valence-corrected chi connectivity index (χ4v) is 1.30. The first-order valence-corrected chi connectivity index (χ1v) is 3.57. The van der Waals surface area contributed by atoms with Gasteiger partial charge >= 0.3 is 0 Å². The van der Waals surface area contributed by atoms with Crippen LogP contribution in [0.4, 0.5) is 4.39 Å². The second-order valence-electron chi connectivity index (χ2n) is 3.04. The van der Waals surface area contributed by atoms with Gasteiger partial charge in [0.1, 0.15) is 6.17 Å². The molecular formula is C7H14FN. The van der Waals surface area contributed by atoms with E-state index < -0.39 is 6.17 Å². The highest BCUT2D eigenvalue weighted by Gasteiger charge is 2.23. The standard InChI is InChI=1S/C7H14FN/c1-5-3-6(2)9-4-7(5)8/h5-7,9H,3-4H2,1-2H3/t5?,6-,7?/m0/s1. The van der Waals surface area contributed by atoms with Crippen LogP contribution in [-0.2, 0) is 0 Å². The van der Waals surface area contributed by atoms with E-state index in [-0.39, 0.29) is 5.92 Å². The van der Waals surface area contributed by atoms with E-state index >= 15 is 0 Å². The van der Waals surface area contributed by atoms with Gasteiger partial charge in [-0.25, -0.2) is 4.39 Å². The van der Waals surface area contributed by atoms with Crippen molar-refractivity contribution in [2.24, 2.45) is 5.92 Å². The second kappa shape index (κ2) is 2.65. The molecule has 0 aromatic heterocycles. The number of alkyl halides is 1. The average molecular weight is 131 g/mol. The summed E-state index contributed by atoms with van der Waals surface area (Å²) in [5, 5.41) is 3.09. The van der Waals surface area contributed by atoms with Crippen LogP contribution in [0.15, 0.2) is 0 Å². The van der Waals surface area contributed by atoms with Crippen molar-refractivity contribution in [3.05, 3.63) is 0 Å². The topological polar surface area (TPSA) is 12.0 Å². The molecule has 54 valence electrons. The van der Waals surface area contributed by atoms with Crippen molar-refractivity contribution in [1.82, 2.24) is 5.32 Å². The number of hydrogen-bond acceptors (Lipinski definition) is 1. The van der Waals surface area contributed by atoms with E-state index in [9.17, 15) is 4.39 Å². The molecule has 0 spiro atoms. The Morgan fingerprint density at radius 1 is 1.44 bits per heavy atom. The third-order valence-corrected chi connectivity index (χ3v) is 2.00. The molecule has 1 rings (SSSR count). The summed E-state index contributed by atoms with van der Waals surface area (Å²) >= 11 is 0. The average Bonchev–Trinajstić information content (AvgIpc) is 1.80. The highest BCUT2D eigenvalue weighted by atomic mass is 19.1. The third-order valence-electron chi connectivity index (χ3n) is 2.00. The summed E-state index contributed by atoms with van der Waals surface area (Å²) in [5.41, 5.74) is 0. The summed E-state index contributed by atoms with van der Waals surface area (Å²) in [4.78, 5) is 0. The van der Waals surface area contributed by atoms with Gasteiger partial charge in [-0.15, -0.1) is 0 Å². The molecule has 1 aliphatic heterocycles. The van der Waals surface area contributed by atoms with Gasteiger partial charge in [-0.2, -0.15) is 0 Å². The number of piperidine rings is 1. The Morgan fingerprint density at radius 2 is 2.11 bits per heavy atom. The summed E-state index contributed by atoms with van der Waals surface area (Å²) in [6.07, 6.45) is 0.349. The van der Waals surface area contributed by atoms with Crippen molar-refractivity contribution >= 4 is 0 Å². The molecule has 2 unspecified atom stereocenters. The number of halogens is 1. The highest BCUT2D eigenvalue weighted by molar-refractivity contribution is 4.79. The summed E-state index contributed by atoms with van der Waals surface area (Å²) in [6, 6.07) is 0.506. The molecule has 1 aliphatic rings. The SMILES string of the molecule is CC1C[C@H](C)NCC1F. The second-order valence-corrected chi connectivity index (χ2v) is 3.04. The molecule has 0 saturated carbocycles. The maximum Gasteiger partial charge on any atom is 0.115 e. The summed E-state index contributed by atoms with van der Waals surface area (Å²) in [7, 11) is 0. The predicted octanol–water partition coefficient (Wildman–Crippen LogP) is 1.34. The van der Waals surface area contributed by atoms with E-state index in [2.05, 4.69) is 12.2 Å². The Bertz CT molecular complexity index is 94.9. The van der Waals surface area contributed by atoms with Crippen LogP contribution in [-0.4, -0.2) is 18.8 Å². The van der Waals surface area contributed by atoms with E-state index in [4.69, 9.17) is 0 Å². The van der Waals surface area contributed by atoms with Crippen molar-refractivity contribution in [2.75, 3.05) is 6.54 Å². The van der Waals surface area contributed by atoms with Gasteiger partial charge in [-0.3, -0.25) is 0 Å². The van der Waals surface area contributed by atoms with Crippen LogP contribution in [0.5, 0.6) is 0 Å². The summed E-state index contributed by atoms with van der Waals surface area (Å²) < 4.78 is 12.7. The molecular weight excluding hydrogens is 117 g/mol. The Balaban J connectivity index is 2.35. The molecule has 1 heterocycles. The van der Waals surface area contributed by atoms with E-state index in [0.717, 1.165) is 6.42 Å². The Hall–Kier alpha value is -0.110. The minimum absolute atomic E-state index is 0.251. The highest BCUT2D eigenvalue weighted by Crippen LogP contribution is 2.17. The van der Waals surface area contributed by atoms with Gasteiger partial charge < -0.3 is 5.32 Å². The van der Waals surface area contributed by atoms with E-state index in [1.165, 1.54) is 0 Å². The van der Waals surface area contributed by atoms with E-state index in [1.54, 1.807) is 0 Å². The molecule has 0 bridgehead atoms. The van der Waals surface area contributed by atoms with Crippen LogP contribution in [0.1, 0.15) is 20.3 Å².